The second-order valence-electron chi connectivity index (χ2n) is 3.33. The number of aromatic nitrogens is 1. The standard InChI is InChI=1S/C10H15BrN2O2/c1-8-7-9(15-13-8)4-6-12-10(14)3-2-5-11/h7H,2-6H2,1H3,(H,12,14). The number of aryl methyl sites for hydroxylation is 1. The first-order chi connectivity index (χ1) is 7.22. The van der Waals surface area contributed by atoms with Crippen molar-refractivity contribution in [3.05, 3.63) is 17.5 Å². The van der Waals surface area contributed by atoms with Crippen LogP contribution < -0.4 is 5.32 Å². The molecule has 1 aromatic heterocycles. The van der Waals surface area contributed by atoms with E-state index in [1.165, 1.54) is 0 Å². The van der Waals surface area contributed by atoms with Gasteiger partial charge in [-0.2, -0.15) is 0 Å². The summed E-state index contributed by atoms with van der Waals surface area (Å²) in [7, 11) is 0. The molecule has 1 aromatic rings. The molecular weight excluding hydrogens is 260 g/mol. The van der Waals surface area contributed by atoms with Crippen molar-refractivity contribution in [1.82, 2.24) is 10.5 Å². The van der Waals surface area contributed by atoms with Gasteiger partial charge in [-0.1, -0.05) is 21.1 Å². The van der Waals surface area contributed by atoms with Gasteiger partial charge in [0, 0.05) is 30.8 Å². The minimum absolute atomic E-state index is 0.0886. The highest BCUT2D eigenvalue weighted by molar-refractivity contribution is 9.09. The summed E-state index contributed by atoms with van der Waals surface area (Å²) in [4.78, 5) is 11.2. The van der Waals surface area contributed by atoms with Gasteiger partial charge in [0.2, 0.25) is 5.91 Å². The third-order valence-corrected chi connectivity index (χ3v) is 2.47. The van der Waals surface area contributed by atoms with Crippen molar-refractivity contribution in [2.24, 2.45) is 0 Å². The van der Waals surface area contributed by atoms with Gasteiger partial charge >= 0.3 is 0 Å². The van der Waals surface area contributed by atoms with E-state index in [2.05, 4.69) is 26.4 Å². The van der Waals surface area contributed by atoms with Crippen LogP contribution in [-0.2, 0) is 11.2 Å². The number of hydrogen-bond donors (Lipinski definition) is 1. The molecule has 84 valence electrons. The molecule has 0 radical (unpaired) electrons. The van der Waals surface area contributed by atoms with E-state index in [1.54, 1.807) is 0 Å². The minimum atomic E-state index is 0.0886. The van der Waals surface area contributed by atoms with Crippen LogP contribution in [0.2, 0.25) is 0 Å². The van der Waals surface area contributed by atoms with Crippen LogP contribution in [0.5, 0.6) is 0 Å². The summed E-state index contributed by atoms with van der Waals surface area (Å²) < 4.78 is 5.02. The van der Waals surface area contributed by atoms with Gasteiger partial charge < -0.3 is 9.84 Å². The highest BCUT2D eigenvalue weighted by Gasteiger charge is 2.02. The molecule has 0 aliphatic heterocycles. The first kappa shape index (κ1) is 12.2. The highest BCUT2D eigenvalue weighted by Crippen LogP contribution is 2.02. The van der Waals surface area contributed by atoms with Gasteiger partial charge in [0.25, 0.3) is 0 Å². The predicted octanol–water partition coefficient (Wildman–Crippen LogP) is 1.82. The summed E-state index contributed by atoms with van der Waals surface area (Å²) in [5, 5.41) is 7.46. The molecule has 5 heteroatoms. The molecule has 0 saturated carbocycles. The molecule has 0 saturated heterocycles. The van der Waals surface area contributed by atoms with E-state index in [1.807, 2.05) is 13.0 Å². The Morgan fingerprint density at radius 3 is 3.07 bits per heavy atom. The molecule has 4 nitrogen and oxygen atoms in total. The third kappa shape index (κ3) is 4.97. The van der Waals surface area contributed by atoms with Gasteiger partial charge in [0.1, 0.15) is 5.76 Å². The summed E-state index contributed by atoms with van der Waals surface area (Å²) in [6, 6.07) is 1.88. The molecule has 0 spiro atoms. The number of carbonyl (C=O) groups is 1. The fourth-order valence-electron chi connectivity index (χ4n) is 1.18. The lowest BCUT2D eigenvalue weighted by molar-refractivity contribution is -0.121. The molecular formula is C10H15BrN2O2. The Hall–Kier alpha value is -0.840. The molecule has 15 heavy (non-hydrogen) atoms. The Bertz CT molecular complexity index is 312. The number of nitrogens with zero attached hydrogens (tertiary/aromatic N) is 1. The van der Waals surface area contributed by atoms with E-state index >= 15 is 0 Å². The maximum absolute atomic E-state index is 11.2. The summed E-state index contributed by atoms with van der Waals surface area (Å²) in [6.07, 6.45) is 2.13. The van der Waals surface area contributed by atoms with Gasteiger partial charge in [0.15, 0.2) is 0 Å². The van der Waals surface area contributed by atoms with E-state index in [0.29, 0.717) is 19.4 Å². The lowest BCUT2D eigenvalue weighted by atomic mass is 10.3. The van der Waals surface area contributed by atoms with Crippen molar-refractivity contribution in [2.45, 2.75) is 26.2 Å². The summed E-state index contributed by atoms with van der Waals surface area (Å²) >= 11 is 3.28. The maximum Gasteiger partial charge on any atom is 0.220 e. The number of amides is 1. The number of carbonyl (C=O) groups excluding carboxylic acids is 1. The Kier molecular flexibility index (Phi) is 5.39. The van der Waals surface area contributed by atoms with Gasteiger partial charge in [-0.25, -0.2) is 0 Å². The monoisotopic (exact) mass is 274 g/mol. The van der Waals surface area contributed by atoms with Crippen LogP contribution >= 0.6 is 15.9 Å². The Labute approximate surface area is 97.5 Å². The Morgan fingerprint density at radius 2 is 2.47 bits per heavy atom. The number of rotatable bonds is 6. The Morgan fingerprint density at radius 1 is 1.67 bits per heavy atom. The number of hydrogen-bond acceptors (Lipinski definition) is 3. The van der Waals surface area contributed by atoms with Crippen LogP contribution in [0.3, 0.4) is 0 Å². The van der Waals surface area contributed by atoms with Crippen molar-refractivity contribution < 1.29 is 9.32 Å². The second kappa shape index (κ2) is 6.61. The molecule has 0 aromatic carbocycles. The molecule has 1 N–H and O–H groups in total. The van der Waals surface area contributed by atoms with Crippen LogP contribution in [0.1, 0.15) is 24.3 Å². The van der Waals surface area contributed by atoms with Gasteiger partial charge in [-0.15, -0.1) is 0 Å². The first-order valence-corrected chi connectivity index (χ1v) is 6.09. The number of halogens is 1. The SMILES string of the molecule is Cc1cc(CCNC(=O)CCCBr)on1. The van der Waals surface area contributed by atoms with Crippen LogP contribution in [0.4, 0.5) is 0 Å². The van der Waals surface area contributed by atoms with Crippen molar-refractivity contribution in [3.8, 4) is 0 Å². The first-order valence-electron chi connectivity index (χ1n) is 4.97. The molecule has 1 heterocycles. The second-order valence-corrected chi connectivity index (χ2v) is 4.12. The zero-order chi connectivity index (χ0) is 11.1. The van der Waals surface area contributed by atoms with E-state index in [0.717, 1.165) is 23.2 Å². The number of nitrogens with one attached hydrogen (secondary N) is 1. The van der Waals surface area contributed by atoms with Crippen LogP contribution in [0, 0.1) is 6.92 Å². The average Bonchev–Trinajstić information content (AvgIpc) is 2.61. The Balaban J connectivity index is 2.13. The molecule has 0 bridgehead atoms. The molecule has 0 unspecified atom stereocenters. The molecule has 1 rings (SSSR count). The van der Waals surface area contributed by atoms with E-state index in [9.17, 15) is 4.79 Å². The molecule has 0 fully saturated rings. The molecule has 0 aliphatic rings. The maximum atomic E-state index is 11.2. The van der Waals surface area contributed by atoms with Crippen molar-refractivity contribution >= 4 is 21.8 Å². The molecule has 0 aliphatic carbocycles. The summed E-state index contributed by atoms with van der Waals surface area (Å²) in [5.74, 6) is 0.902. The minimum Gasteiger partial charge on any atom is -0.361 e. The summed E-state index contributed by atoms with van der Waals surface area (Å²) in [6.45, 7) is 2.48. The van der Waals surface area contributed by atoms with Crippen molar-refractivity contribution in [1.29, 1.82) is 0 Å². The fourth-order valence-corrected chi connectivity index (χ4v) is 1.46. The van der Waals surface area contributed by atoms with Gasteiger partial charge in [-0.05, 0) is 13.3 Å². The van der Waals surface area contributed by atoms with Gasteiger partial charge in [-0.3, -0.25) is 4.79 Å². The largest absolute Gasteiger partial charge is 0.361 e. The van der Waals surface area contributed by atoms with Crippen LogP contribution in [0.15, 0.2) is 10.6 Å². The molecule has 0 atom stereocenters. The zero-order valence-electron chi connectivity index (χ0n) is 8.75. The quantitative estimate of drug-likeness (QED) is 0.806. The lowest BCUT2D eigenvalue weighted by Crippen LogP contribution is -2.25. The van der Waals surface area contributed by atoms with E-state index in [-0.39, 0.29) is 5.91 Å². The summed E-state index contributed by atoms with van der Waals surface area (Å²) in [5.41, 5.74) is 0.871. The van der Waals surface area contributed by atoms with Gasteiger partial charge in [0.05, 0.1) is 5.69 Å². The fraction of sp³-hybridized carbons (Fsp3) is 0.600. The highest BCUT2D eigenvalue weighted by atomic mass is 79.9. The van der Waals surface area contributed by atoms with Crippen LogP contribution in [0.25, 0.3) is 0 Å². The topological polar surface area (TPSA) is 55.1 Å². The van der Waals surface area contributed by atoms with E-state index in [4.69, 9.17) is 4.52 Å². The zero-order valence-corrected chi connectivity index (χ0v) is 10.3. The average molecular weight is 275 g/mol. The lowest BCUT2D eigenvalue weighted by Gasteiger charge is -2.01. The van der Waals surface area contributed by atoms with Crippen molar-refractivity contribution in [3.63, 3.8) is 0 Å². The van der Waals surface area contributed by atoms with Crippen LogP contribution in [-0.4, -0.2) is 22.9 Å². The molecule has 1 amide bonds. The predicted molar refractivity (Wildman–Crippen MR) is 61.0 cm³/mol. The smallest absolute Gasteiger partial charge is 0.220 e. The van der Waals surface area contributed by atoms with E-state index < -0.39 is 0 Å². The normalized spacial score (nSPS) is 10.3. The third-order valence-electron chi connectivity index (χ3n) is 1.91. The van der Waals surface area contributed by atoms with Crippen molar-refractivity contribution in [2.75, 3.05) is 11.9 Å². The number of alkyl halides is 1.